The van der Waals surface area contributed by atoms with Crippen molar-refractivity contribution < 1.29 is 9.18 Å². The van der Waals surface area contributed by atoms with Gasteiger partial charge in [0.25, 0.3) is 0 Å². The van der Waals surface area contributed by atoms with Crippen LogP contribution in [0.4, 0.5) is 10.1 Å². The van der Waals surface area contributed by atoms with Gasteiger partial charge in [-0.2, -0.15) is 0 Å². The lowest BCUT2D eigenvalue weighted by atomic mass is 9.98. The summed E-state index contributed by atoms with van der Waals surface area (Å²) >= 11 is 5.91. The molecule has 0 aliphatic carbocycles. The average molecular weight is 369 g/mol. The van der Waals surface area contributed by atoms with Crippen molar-refractivity contribution in [3.8, 4) is 11.1 Å². The van der Waals surface area contributed by atoms with Gasteiger partial charge in [0.05, 0.1) is 5.92 Å². The SMILES string of the molecule is Cl.O=C(Nc1ccc(F)cc1-c1ccc(Cl)cc1)C1CCCNC1. The minimum atomic E-state index is -0.340. The molecule has 0 saturated carbocycles. The number of hydrogen-bond donors (Lipinski definition) is 2. The van der Waals surface area contributed by atoms with Crippen LogP contribution in [-0.4, -0.2) is 19.0 Å². The highest BCUT2D eigenvalue weighted by atomic mass is 35.5. The van der Waals surface area contributed by atoms with Crippen LogP contribution in [0.2, 0.25) is 5.02 Å². The molecule has 3 rings (SSSR count). The summed E-state index contributed by atoms with van der Waals surface area (Å²) in [6, 6.07) is 11.5. The number of rotatable bonds is 3. The molecule has 0 spiro atoms. The van der Waals surface area contributed by atoms with E-state index < -0.39 is 0 Å². The Morgan fingerprint density at radius 1 is 1.21 bits per heavy atom. The molecule has 0 aromatic heterocycles. The molecule has 1 saturated heterocycles. The molecule has 1 unspecified atom stereocenters. The largest absolute Gasteiger partial charge is 0.325 e. The van der Waals surface area contributed by atoms with Gasteiger partial charge in [0.1, 0.15) is 5.82 Å². The van der Waals surface area contributed by atoms with Crippen LogP contribution in [0.15, 0.2) is 42.5 Å². The molecular formula is C18H19Cl2FN2O. The van der Waals surface area contributed by atoms with E-state index in [0.29, 0.717) is 22.8 Å². The van der Waals surface area contributed by atoms with Gasteiger partial charge < -0.3 is 10.6 Å². The quantitative estimate of drug-likeness (QED) is 0.836. The number of amides is 1. The van der Waals surface area contributed by atoms with Gasteiger partial charge in [-0.1, -0.05) is 23.7 Å². The normalized spacial score (nSPS) is 17.0. The second-order valence-corrected chi connectivity index (χ2v) is 6.17. The molecule has 24 heavy (non-hydrogen) atoms. The molecule has 1 fully saturated rings. The number of nitrogens with one attached hydrogen (secondary N) is 2. The summed E-state index contributed by atoms with van der Waals surface area (Å²) in [6.07, 6.45) is 1.86. The number of halogens is 3. The van der Waals surface area contributed by atoms with E-state index in [1.165, 1.54) is 12.1 Å². The molecule has 0 bridgehead atoms. The average Bonchev–Trinajstić information content (AvgIpc) is 2.58. The molecule has 1 amide bonds. The Bertz CT molecular complexity index is 701. The van der Waals surface area contributed by atoms with Crippen LogP contribution in [-0.2, 0) is 4.79 Å². The summed E-state index contributed by atoms with van der Waals surface area (Å²) in [7, 11) is 0. The highest BCUT2D eigenvalue weighted by molar-refractivity contribution is 6.30. The molecule has 6 heteroatoms. The van der Waals surface area contributed by atoms with Crippen molar-refractivity contribution in [2.75, 3.05) is 18.4 Å². The molecule has 0 radical (unpaired) electrons. The third kappa shape index (κ3) is 4.47. The van der Waals surface area contributed by atoms with Gasteiger partial charge in [0.2, 0.25) is 5.91 Å². The topological polar surface area (TPSA) is 41.1 Å². The number of hydrogen-bond acceptors (Lipinski definition) is 2. The van der Waals surface area contributed by atoms with E-state index in [1.54, 1.807) is 18.2 Å². The first kappa shape index (κ1) is 18.7. The summed E-state index contributed by atoms with van der Waals surface area (Å²) in [5.41, 5.74) is 2.08. The van der Waals surface area contributed by atoms with E-state index in [2.05, 4.69) is 10.6 Å². The molecule has 1 heterocycles. The Morgan fingerprint density at radius 3 is 2.62 bits per heavy atom. The smallest absolute Gasteiger partial charge is 0.228 e. The van der Waals surface area contributed by atoms with Gasteiger partial charge in [0.15, 0.2) is 0 Å². The first-order valence-corrected chi connectivity index (χ1v) is 8.08. The highest BCUT2D eigenvalue weighted by Gasteiger charge is 2.21. The van der Waals surface area contributed by atoms with E-state index in [-0.39, 0.29) is 30.0 Å². The van der Waals surface area contributed by atoms with E-state index in [1.807, 2.05) is 12.1 Å². The molecule has 2 aromatic carbocycles. The third-order valence-corrected chi connectivity index (χ3v) is 4.31. The maximum Gasteiger partial charge on any atom is 0.228 e. The number of anilines is 1. The third-order valence-electron chi connectivity index (χ3n) is 4.06. The number of carbonyl (C=O) groups is 1. The lowest BCUT2D eigenvalue weighted by Crippen LogP contribution is -2.37. The zero-order valence-electron chi connectivity index (χ0n) is 13.0. The molecule has 1 atom stereocenters. The van der Waals surface area contributed by atoms with E-state index in [9.17, 15) is 9.18 Å². The van der Waals surface area contributed by atoms with Crippen LogP contribution >= 0.6 is 24.0 Å². The molecular weight excluding hydrogens is 350 g/mol. The van der Waals surface area contributed by atoms with E-state index in [0.717, 1.165) is 24.9 Å². The van der Waals surface area contributed by atoms with Crippen LogP contribution in [0.25, 0.3) is 11.1 Å². The number of piperidine rings is 1. The molecule has 2 N–H and O–H groups in total. The first-order valence-electron chi connectivity index (χ1n) is 7.70. The predicted octanol–water partition coefficient (Wildman–Crippen LogP) is 4.51. The Kier molecular flexibility index (Phi) is 6.60. The van der Waals surface area contributed by atoms with Gasteiger partial charge in [-0.15, -0.1) is 12.4 Å². The highest BCUT2D eigenvalue weighted by Crippen LogP contribution is 2.30. The first-order chi connectivity index (χ1) is 11.1. The monoisotopic (exact) mass is 368 g/mol. The summed E-state index contributed by atoms with van der Waals surface area (Å²) in [5.74, 6) is -0.418. The molecule has 2 aromatic rings. The maximum atomic E-state index is 13.7. The minimum Gasteiger partial charge on any atom is -0.325 e. The second-order valence-electron chi connectivity index (χ2n) is 5.73. The Balaban J connectivity index is 0.00000208. The fourth-order valence-corrected chi connectivity index (χ4v) is 2.93. The summed E-state index contributed by atoms with van der Waals surface area (Å²) in [5, 5.41) is 6.78. The van der Waals surface area contributed by atoms with Crippen molar-refractivity contribution in [1.29, 1.82) is 0 Å². The van der Waals surface area contributed by atoms with Gasteiger partial charge in [-0.3, -0.25) is 4.79 Å². The Hall–Kier alpha value is -1.62. The van der Waals surface area contributed by atoms with Gasteiger partial charge in [-0.25, -0.2) is 4.39 Å². The lowest BCUT2D eigenvalue weighted by molar-refractivity contribution is -0.120. The molecule has 1 aliphatic rings. The zero-order chi connectivity index (χ0) is 16.2. The number of carbonyl (C=O) groups excluding carboxylic acids is 1. The van der Waals surface area contributed by atoms with Crippen molar-refractivity contribution in [3.63, 3.8) is 0 Å². The Labute approximate surface area is 152 Å². The predicted molar refractivity (Wildman–Crippen MR) is 98.3 cm³/mol. The van der Waals surface area contributed by atoms with Crippen molar-refractivity contribution in [3.05, 3.63) is 53.3 Å². The second kappa shape index (κ2) is 8.47. The number of benzene rings is 2. The zero-order valence-corrected chi connectivity index (χ0v) is 14.6. The lowest BCUT2D eigenvalue weighted by Gasteiger charge is -2.22. The van der Waals surface area contributed by atoms with Crippen LogP contribution in [0.5, 0.6) is 0 Å². The molecule has 128 valence electrons. The maximum absolute atomic E-state index is 13.7. The van der Waals surface area contributed by atoms with Crippen LogP contribution in [0.1, 0.15) is 12.8 Å². The van der Waals surface area contributed by atoms with Gasteiger partial charge in [-0.05, 0) is 55.3 Å². The van der Waals surface area contributed by atoms with Crippen LogP contribution in [0, 0.1) is 11.7 Å². The van der Waals surface area contributed by atoms with Crippen molar-refractivity contribution >= 4 is 35.6 Å². The molecule has 1 aliphatic heterocycles. The van der Waals surface area contributed by atoms with Gasteiger partial charge in [0, 0.05) is 22.8 Å². The fraction of sp³-hybridized carbons (Fsp3) is 0.278. The summed E-state index contributed by atoms with van der Waals surface area (Å²) < 4.78 is 13.7. The summed E-state index contributed by atoms with van der Waals surface area (Å²) in [6.45, 7) is 1.64. The van der Waals surface area contributed by atoms with Crippen molar-refractivity contribution in [2.24, 2.45) is 5.92 Å². The van der Waals surface area contributed by atoms with Crippen molar-refractivity contribution in [1.82, 2.24) is 5.32 Å². The molecule has 3 nitrogen and oxygen atoms in total. The van der Waals surface area contributed by atoms with E-state index in [4.69, 9.17) is 11.6 Å². The minimum absolute atomic E-state index is 0. The van der Waals surface area contributed by atoms with Gasteiger partial charge >= 0.3 is 0 Å². The Morgan fingerprint density at radius 2 is 1.96 bits per heavy atom. The fourth-order valence-electron chi connectivity index (χ4n) is 2.80. The van der Waals surface area contributed by atoms with E-state index >= 15 is 0 Å². The standard InChI is InChI=1S/C18H18ClFN2O.ClH/c19-14-5-3-12(4-6-14)16-10-15(20)7-8-17(16)22-18(23)13-2-1-9-21-11-13;/h3-8,10,13,21H,1-2,9,11H2,(H,22,23);1H. The van der Waals surface area contributed by atoms with Crippen LogP contribution < -0.4 is 10.6 Å². The van der Waals surface area contributed by atoms with Crippen molar-refractivity contribution in [2.45, 2.75) is 12.8 Å². The van der Waals surface area contributed by atoms with Crippen LogP contribution in [0.3, 0.4) is 0 Å². The summed E-state index contributed by atoms with van der Waals surface area (Å²) in [4.78, 5) is 12.4.